The van der Waals surface area contributed by atoms with Crippen molar-refractivity contribution in [3.8, 4) is 5.69 Å². The van der Waals surface area contributed by atoms with Gasteiger partial charge in [-0.05, 0) is 36.5 Å². The van der Waals surface area contributed by atoms with Gasteiger partial charge < -0.3 is 10.4 Å². The second kappa shape index (κ2) is 7.55. The second-order valence-electron chi connectivity index (χ2n) is 6.51. The van der Waals surface area contributed by atoms with Crippen LogP contribution in [0.25, 0.3) is 5.69 Å². The van der Waals surface area contributed by atoms with Crippen LogP contribution in [0.4, 0.5) is 5.69 Å². The van der Waals surface area contributed by atoms with Crippen LogP contribution in [0.1, 0.15) is 25.8 Å². The van der Waals surface area contributed by atoms with Crippen molar-refractivity contribution >= 4 is 28.9 Å². The average Bonchev–Trinajstić information content (AvgIpc) is 2.52. The number of aliphatic hydroxyl groups excluding tert-OH is 1. The van der Waals surface area contributed by atoms with Crippen LogP contribution in [0, 0.1) is 12.3 Å². The van der Waals surface area contributed by atoms with E-state index in [4.69, 9.17) is 28.3 Å². The molecule has 24 heavy (non-hydrogen) atoms. The lowest BCUT2D eigenvalue weighted by molar-refractivity contribution is 0.220. The number of anilines is 1. The van der Waals surface area contributed by atoms with Gasteiger partial charge in [0, 0.05) is 18.2 Å². The van der Waals surface area contributed by atoms with E-state index in [1.807, 2.05) is 26.8 Å². The molecule has 0 unspecified atom stereocenters. The van der Waals surface area contributed by atoms with Crippen molar-refractivity contribution in [3.63, 3.8) is 0 Å². The third-order valence-corrected chi connectivity index (χ3v) is 4.64. The molecule has 2 rings (SSSR count). The Morgan fingerprint density at radius 2 is 2.04 bits per heavy atom. The van der Waals surface area contributed by atoms with Crippen molar-refractivity contribution in [2.45, 2.75) is 27.2 Å². The number of hydrogen-bond donors (Lipinski definition) is 2. The smallest absolute Gasteiger partial charge is 0.292 e. The van der Waals surface area contributed by atoms with Gasteiger partial charge in [0.1, 0.15) is 5.02 Å². The standard InChI is InChI=1S/C17H21Cl2N3O2/c1-11-4-5-12(8-13(11)18)22-16(24)15(19)14(9-21-22)20-10-17(2,3)6-7-23/h4-5,8-9,20,23H,6-7,10H2,1-3H3. The van der Waals surface area contributed by atoms with Crippen LogP contribution in [0.3, 0.4) is 0 Å². The molecule has 0 atom stereocenters. The SMILES string of the molecule is Cc1ccc(-n2ncc(NCC(C)(C)CCO)c(Cl)c2=O)cc1Cl. The Balaban J connectivity index is 2.28. The number of rotatable bonds is 6. The van der Waals surface area contributed by atoms with Crippen LogP contribution < -0.4 is 10.9 Å². The fourth-order valence-corrected chi connectivity index (χ4v) is 2.55. The molecule has 0 aliphatic rings. The monoisotopic (exact) mass is 369 g/mol. The number of benzene rings is 1. The zero-order chi connectivity index (χ0) is 17.9. The zero-order valence-electron chi connectivity index (χ0n) is 13.9. The number of nitrogens with one attached hydrogen (secondary N) is 1. The maximum Gasteiger partial charge on any atom is 0.292 e. The molecule has 0 aliphatic carbocycles. The van der Waals surface area contributed by atoms with Gasteiger partial charge in [0.05, 0.1) is 17.6 Å². The van der Waals surface area contributed by atoms with Crippen LogP contribution in [-0.4, -0.2) is 28.0 Å². The molecular formula is C17H21Cl2N3O2. The summed E-state index contributed by atoms with van der Waals surface area (Å²) in [5.74, 6) is 0. The number of aromatic nitrogens is 2. The summed E-state index contributed by atoms with van der Waals surface area (Å²) < 4.78 is 1.22. The van der Waals surface area contributed by atoms with Gasteiger partial charge in [0.15, 0.2) is 0 Å². The lowest BCUT2D eigenvalue weighted by Gasteiger charge is -2.24. The van der Waals surface area contributed by atoms with E-state index in [0.717, 1.165) is 5.56 Å². The number of aryl methyl sites for hydroxylation is 1. The highest BCUT2D eigenvalue weighted by Crippen LogP contribution is 2.24. The van der Waals surface area contributed by atoms with E-state index in [0.29, 0.717) is 29.4 Å². The Labute approximate surface area is 151 Å². The highest BCUT2D eigenvalue weighted by Gasteiger charge is 2.18. The molecule has 0 spiro atoms. The highest BCUT2D eigenvalue weighted by atomic mass is 35.5. The van der Waals surface area contributed by atoms with Crippen LogP contribution in [0.5, 0.6) is 0 Å². The molecule has 5 nitrogen and oxygen atoms in total. The van der Waals surface area contributed by atoms with E-state index in [1.165, 1.54) is 10.9 Å². The number of halogens is 2. The van der Waals surface area contributed by atoms with Gasteiger partial charge in [-0.3, -0.25) is 4.79 Å². The van der Waals surface area contributed by atoms with E-state index in [9.17, 15) is 4.79 Å². The van der Waals surface area contributed by atoms with Gasteiger partial charge in [-0.1, -0.05) is 43.1 Å². The molecule has 0 aliphatic heterocycles. The number of aliphatic hydroxyl groups is 1. The van der Waals surface area contributed by atoms with Crippen molar-refractivity contribution < 1.29 is 5.11 Å². The quantitative estimate of drug-likeness (QED) is 0.814. The second-order valence-corrected chi connectivity index (χ2v) is 7.30. The minimum Gasteiger partial charge on any atom is -0.396 e. The van der Waals surface area contributed by atoms with E-state index >= 15 is 0 Å². The number of nitrogens with zero attached hydrogens (tertiary/aromatic N) is 2. The molecule has 1 aromatic carbocycles. The average molecular weight is 370 g/mol. The normalized spacial score (nSPS) is 11.6. The lowest BCUT2D eigenvalue weighted by atomic mass is 9.90. The van der Waals surface area contributed by atoms with Gasteiger partial charge in [0.25, 0.3) is 5.56 Å². The summed E-state index contributed by atoms with van der Waals surface area (Å²) in [6.45, 7) is 6.60. The molecule has 0 bridgehead atoms. The van der Waals surface area contributed by atoms with Crippen molar-refractivity contribution in [3.05, 3.63) is 50.4 Å². The third kappa shape index (κ3) is 4.29. The topological polar surface area (TPSA) is 67.2 Å². The van der Waals surface area contributed by atoms with Crippen molar-refractivity contribution in [2.75, 3.05) is 18.5 Å². The highest BCUT2D eigenvalue weighted by molar-refractivity contribution is 6.33. The van der Waals surface area contributed by atoms with Gasteiger partial charge in [-0.2, -0.15) is 9.78 Å². The molecule has 0 saturated heterocycles. The molecule has 0 saturated carbocycles. The molecule has 2 aromatic rings. The molecule has 1 heterocycles. The largest absolute Gasteiger partial charge is 0.396 e. The first-order chi connectivity index (χ1) is 11.2. The molecule has 0 amide bonds. The third-order valence-electron chi connectivity index (χ3n) is 3.86. The van der Waals surface area contributed by atoms with Gasteiger partial charge in [-0.25, -0.2) is 0 Å². The predicted molar refractivity (Wildman–Crippen MR) is 98.6 cm³/mol. The number of hydrogen-bond acceptors (Lipinski definition) is 4. The van der Waals surface area contributed by atoms with Crippen molar-refractivity contribution in [1.82, 2.24) is 9.78 Å². The summed E-state index contributed by atoms with van der Waals surface area (Å²) in [5.41, 5.74) is 1.41. The molecular weight excluding hydrogens is 349 g/mol. The molecule has 1 aromatic heterocycles. The minimum atomic E-state index is -0.415. The van der Waals surface area contributed by atoms with Crippen LogP contribution in [0.2, 0.25) is 10.0 Å². The maximum atomic E-state index is 12.5. The molecule has 0 radical (unpaired) electrons. The van der Waals surface area contributed by atoms with Crippen molar-refractivity contribution in [1.29, 1.82) is 0 Å². The maximum absolute atomic E-state index is 12.5. The Morgan fingerprint density at radius 3 is 2.67 bits per heavy atom. The Kier molecular flexibility index (Phi) is 5.91. The van der Waals surface area contributed by atoms with E-state index in [2.05, 4.69) is 10.4 Å². The summed E-state index contributed by atoms with van der Waals surface area (Å²) in [4.78, 5) is 12.5. The Morgan fingerprint density at radius 1 is 1.33 bits per heavy atom. The fraction of sp³-hybridized carbons (Fsp3) is 0.412. The van der Waals surface area contributed by atoms with Crippen LogP contribution >= 0.6 is 23.2 Å². The molecule has 7 heteroatoms. The minimum absolute atomic E-state index is 0.0708. The van der Waals surface area contributed by atoms with Crippen LogP contribution in [0.15, 0.2) is 29.2 Å². The lowest BCUT2D eigenvalue weighted by Crippen LogP contribution is -2.27. The molecule has 2 N–H and O–H groups in total. The summed E-state index contributed by atoms with van der Waals surface area (Å²) in [6, 6.07) is 5.27. The van der Waals surface area contributed by atoms with E-state index in [-0.39, 0.29) is 17.0 Å². The van der Waals surface area contributed by atoms with Crippen LogP contribution in [-0.2, 0) is 0 Å². The van der Waals surface area contributed by atoms with Gasteiger partial charge in [0.2, 0.25) is 0 Å². The predicted octanol–water partition coefficient (Wildman–Crippen LogP) is 3.67. The van der Waals surface area contributed by atoms with Crippen molar-refractivity contribution in [2.24, 2.45) is 5.41 Å². The fourth-order valence-electron chi connectivity index (χ4n) is 2.18. The Hall–Kier alpha value is -1.56. The summed E-state index contributed by atoms with van der Waals surface area (Å²) in [7, 11) is 0. The summed E-state index contributed by atoms with van der Waals surface area (Å²) in [5, 5.41) is 17.0. The van der Waals surface area contributed by atoms with E-state index < -0.39 is 5.56 Å². The summed E-state index contributed by atoms with van der Waals surface area (Å²) >= 11 is 12.3. The molecule has 130 valence electrons. The van der Waals surface area contributed by atoms with Gasteiger partial charge in [-0.15, -0.1) is 0 Å². The molecule has 0 fully saturated rings. The zero-order valence-corrected chi connectivity index (χ0v) is 15.4. The first-order valence-corrected chi connectivity index (χ1v) is 8.40. The Bertz CT molecular complexity index is 788. The first kappa shape index (κ1) is 18.8. The van der Waals surface area contributed by atoms with Gasteiger partial charge >= 0.3 is 0 Å². The first-order valence-electron chi connectivity index (χ1n) is 7.64. The van der Waals surface area contributed by atoms with E-state index in [1.54, 1.807) is 12.1 Å². The summed E-state index contributed by atoms with van der Waals surface area (Å²) in [6.07, 6.45) is 2.16.